The Balaban J connectivity index is 1.63. The van der Waals surface area contributed by atoms with Crippen molar-refractivity contribution in [2.75, 3.05) is 32.7 Å². The third-order valence-electron chi connectivity index (χ3n) is 5.93. The largest absolute Gasteiger partial charge is 0.338 e. The maximum absolute atomic E-state index is 13.0. The van der Waals surface area contributed by atoms with E-state index < -0.39 is 0 Å². The first-order valence-corrected chi connectivity index (χ1v) is 11.1. The van der Waals surface area contributed by atoms with Gasteiger partial charge in [-0.15, -0.1) is 0 Å². The van der Waals surface area contributed by atoms with Crippen LogP contribution in [0.1, 0.15) is 71.6 Å². The molecular formula is C23H32N4O4. The van der Waals surface area contributed by atoms with E-state index in [9.17, 15) is 19.2 Å². The molecule has 0 spiro atoms. The lowest BCUT2D eigenvalue weighted by molar-refractivity contribution is 0.0635. The van der Waals surface area contributed by atoms with Crippen LogP contribution in [-0.4, -0.2) is 77.2 Å². The summed E-state index contributed by atoms with van der Waals surface area (Å²) < 4.78 is 0. The Bertz CT molecular complexity index is 870. The molecule has 0 atom stereocenters. The fourth-order valence-corrected chi connectivity index (χ4v) is 4.14. The Morgan fingerprint density at radius 3 is 2.26 bits per heavy atom. The number of likely N-dealkylation sites (tertiary alicyclic amines) is 1. The van der Waals surface area contributed by atoms with E-state index in [-0.39, 0.29) is 35.7 Å². The van der Waals surface area contributed by atoms with Gasteiger partial charge in [0.15, 0.2) is 0 Å². The zero-order valence-electron chi connectivity index (χ0n) is 18.8. The fourth-order valence-electron chi connectivity index (χ4n) is 4.14. The van der Waals surface area contributed by atoms with E-state index in [0.717, 1.165) is 0 Å². The normalized spacial score (nSPS) is 16.7. The number of urea groups is 1. The summed E-state index contributed by atoms with van der Waals surface area (Å²) in [5.74, 6) is -0.607. The highest BCUT2D eigenvalue weighted by atomic mass is 16.2. The molecule has 1 aromatic rings. The monoisotopic (exact) mass is 428 g/mol. The average Bonchev–Trinajstić information content (AvgIpc) is 2.98. The van der Waals surface area contributed by atoms with E-state index in [1.54, 1.807) is 28.0 Å². The highest BCUT2D eigenvalue weighted by Crippen LogP contribution is 2.26. The van der Waals surface area contributed by atoms with Gasteiger partial charge in [0.25, 0.3) is 17.7 Å². The zero-order chi connectivity index (χ0) is 22.7. The van der Waals surface area contributed by atoms with Crippen LogP contribution in [0.25, 0.3) is 0 Å². The van der Waals surface area contributed by atoms with E-state index in [4.69, 9.17) is 0 Å². The minimum absolute atomic E-state index is 0.0426. The number of fused-ring (bicyclic) bond motifs is 1. The number of hydrogen-bond donors (Lipinski definition) is 1. The minimum atomic E-state index is -0.332. The van der Waals surface area contributed by atoms with E-state index in [2.05, 4.69) is 5.32 Å². The zero-order valence-corrected chi connectivity index (χ0v) is 18.8. The summed E-state index contributed by atoms with van der Waals surface area (Å²) in [7, 11) is 0. The second-order valence-corrected chi connectivity index (χ2v) is 8.56. The molecule has 31 heavy (non-hydrogen) atoms. The molecule has 1 aromatic carbocycles. The van der Waals surface area contributed by atoms with Crippen LogP contribution in [0.4, 0.5) is 4.79 Å². The molecule has 8 nitrogen and oxygen atoms in total. The highest BCUT2D eigenvalue weighted by Gasteiger charge is 2.36. The summed E-state index contributed by atoms with van der Waals surface area (Å²) in [4.78, 5) is 55.2. The van der Waals surface area contributed by atoms with Crippen molar-refractivity contribution >= 4 is 23.8 Å². The summed E-state index contributed by atoms with van der Waals surface area (Å²) >= 11 is 0. The van der Waals surface area contributed by atoms with Gasteiger partial charge in [-0.1, -0.05) is 13.8 Å². The first-order chi connectivity index (χ1) is 14.8. The molecule has 0 bridgehead atoms. The molecule has 1 saturated heterocycles. The molecule has 2 heterocycles. The predicted molar refractivity (Wildman–Crippen MR) is 117 cm³/mol. The van der Waals surface area contributed by atoms with Gasteiger partial charge in [-0.25, -0.2) is 4.79 Å². The van der Waals surface area contributed by atoms with Crippen molar-refractivity contribution < 1.29 is 19.2 Å². The lowest BCUT2D eigenvalue weighted by Crippen LogP contribution is -2.50. The molecule has 0 aromatic heterocycles. The van der Waals surface area contributed by atoms with Gasteiger partial charge >= 0.3 is 6.03 Å². The van der Waals surface area contributed by atoms with Crippen LogP contribution >= 0.6 is 0 Å². The van der Waals surface area contributed by atoms with E-state index >= 15 is 0 Å². The molecule has 3 rings (SSSR count). The summed E-state index contributed by atoms with van der Waals surface area (Å²) in [6.07, 6.45) is 1.37. The number of rotatable bonds is 6. The molecule has 0 radical (unpaired) electrons. The minimum Gasteiger partial charge on any atom is -0.338 e. The summed E-state index contributed by atoms with van der Waals surface area (Å²) in [6.45, 7) is 10.5. The van der Waals surface area contributed by atoms with E-state index in [1.807, 2.05) is 27.7 Å². The molecule has 2 aliphatic rings. The Labute approximate surface area is 183 Å². The van der Waals surface area contributed by atoms with Gasteiger partial charge in [0, 0.05) is 44.3 Å². The standard InChI is InChI=1S/C23H32N4O4/c1-5-25(6-2)23(31)24-17-9-11-26(12-10-17)20(28)16-7-8-18-19(13-16)22(30)27(21(18)29)14-15(3)4/h7-8,13,15,17H,5-6,9-12,14H2,1-4H3,(H,24,31). The van der Waals surface area contributed by atoms with Gasteiger partial charge in [0.1, 0.15) is 0 Å². The average molecular weight is 429 g/mol. The molecule has 1 N–H and O–H groups in total. The van der Waals surface area contributed by atoms with Crippen LogP contribution < -0.4 is 5.32 Å². The quantitative estimate of drug-likeness (QED) is 0.705. The molecule has 8 heteroatoms. The lowest BCUT2D eigenvalue weighted by atomic mass is 10.0. The van der Waals surface area contributed by atoms with Crippen molar-refractivity contribution in [3.63, 3.8) is 0 Å². The highest BCUT2D eigenvalue weighted by molar-refractivity contribution is 6.22. The van der Waals surface area contributed by atoms with Gasteiger partial charge in [0.05, 0.1) is 11.1 Å². The maximum atomic E-state index is 13.0. The van der Waals surface area contributed by atoms with Crippen molar-refractivity contribution in [3.05, 3.63) is 34.9 Å². The number of imide groups is 1. The van der Waals surface area contributed by atoms with Crippen molar-refractivity contribution in [2.24, 2.45) is 5.92 Å². The van der Waals surface area contributed by atoms with Crippen LogP contribution in [0.5, 0.6) is 0 Å². The Morgan fingerprint density at radius 2 is 1.68 bits per heavy atom. The molecule has 0 saturated carbocycles. The third-order valence-corrected chi connectivity index (χ3v) is 5.93. The van der Waals surface area contributed by atoms with E-state index in [0.29, 0.717) is 62.3 Å². The van der Waals surface area contributed by atoms with Gasteiger partial charge in [0.2, 0.25) is 0 Å². The second-order valence-electron chi connectivity index (χ2n) is 8.56. The van der Waals surface area contributed by atoms with Crippen LogP contribution in [-0.2, 0) is 0 Å². The number of piperidine rings is 1. The predicted octanol–water partition coefficient (Wildman–Crippen LogP) is 2.59. The topological polar surface area (TPSA) is 90.0 Å². The third kappa shape index (κ3) is 4.73. The number of carbonyl (C=O) groups excluding carboxylic acids is 4. The van der Waals surface area contributed by atoms with Crippen LogP contribution in [0, 0.1) is 5.92 Å². The van der Waals surface area contributed by atoms with Crippen molar-refractivity contribution in [1.29, 1.82) is 0 Å². The van der Waals surface area contributed by atoms with Gasteiger partial charge in [-0.2, -0.15) is 0 Å². The SMILES string of the molecule is CCN(CC)C(=O)NC1CCN(C(=O)c2ccc3c(c2)C(=O)N(CC(C)C)C3=O)CC1. The summed E-state index contributed by atoms with van der Waals surface area (Å²) in [5, 5.41) is 3.05. The van der Waals surface area contributed by atoms with Gasteiger partial charge < -0.3 is 15.1 Å². The Kier molecular flexibility index (Phi) is 6.97. The van der Waals surface area contributed by atoms with Crippen LogP contribution in [0.15, 0.2) is 18.2 Å². The number of carbonyl (C=O) groups is 4. The molecule has 1 fully saturated rings. The summed E-state index contributed by atoms with van der Waals surface area (Å²) in [5.41, 5.74) is 1.08. The van der Waals surface area contributed by atoms with E-state index in [1.165, 1.54) is 4.90 Å². The molecule has 168 valence electrons. The van der Waals surface area contributed by atoms with Gasteiger partial charge in [-0.3, -0.25) is 19.3 Å². The maximum Gasteiger partial charge on any atom is 0.317 e. The smallest absolute Gasteiger partial charge is 0.317 e. The van der Waals surface area contributed by atoms with Crippen molar-refractivity contribution in [3.8, 4) is 0 Å². The molecular weight excluding hydrogens is 396 g/mol. The van der Waals surface area contributed by atoms with Crippen molar-refractivity contribution in [2.45, 2.75) is 46.6 Å². The Morgan fingerprint density at radius 1 is 1.06 bits per heavy atom. The van der Waals surface area contributed by atoms with Crippen LogP contribution in [0.2, 0.25) is 0 Å². The molecule has 5 amide bonds. The number of nitrogens with zero attached hydrogens (tertiary/aromatic N) is 3. The first-order valence-electron chi connectivity index (χ1n) is 11.1. The molecule has 0 aliphatic carbocycles. The number of benzene rings is 1. The second kappa shape index (κ2) is 9.49. The lowest BCUT2D eigenvalue weighted by Gasteiger charge is -2.33. The van der Waals surface area contributed by atoms with Crippen molar-refractivity contribution in [1.82, 2.24) is 20.0 Å². The number of hydrogen-bond acceptors (Lipinski definition) is 4. The fraction of sp³-hybridized carbons (Fsp3) is 0.565. The number of nitrogens with one attached hydrogen (secondary N) is 1. The van der Waals surface area contributed by atoms with Crippen LogP contribution in [0.3, 0.4) is 0 Å². The summed E-state index contributed by atoms with van der Waals surface area (Å²) in [6, 6.07) is 4.73. The Hall–Kier alpha value is -2.90. The number of amides is 5. The molecule has 2 aliphatic heterocycles. The van der Waals surface area contributed by atoms with Gasteiger partial charge in [-0.05, 0) is 50.8 Å². The molecule has 0 unspecified atom stereocenters. The first kappa shape index (κ1) is 22.8.